The first-order chi connectivity index (χ1) is 5.88. The van der Waals surface area contributed by atoms with Crippen LogP contribution in [-0.4, -0.2) is 12.3 Å². The van der Waals surface area contributed by atoms with Crippen LogP contribution in [0.25, 0.3) is 0 Å². The zero-order chi connectivity index (χ0) is 8.81. The van der Waals surface area contributed by atoms with Crippen LogP contribution >= 0.6 is 11.8 Å². The monoisotopic (exact) mass is 181 g/mol. The first kappa shape index (κ1) is 9.46. The lowest BCUT2D eigenvalue weighted by Gasteiger charge is -2.04. The van der Waals surface area contributed by atoms with Crippen molar-refractivity contribution in [3.05, 3.63) is 35.4 Å². The summed E-state index contributed by atoms with van der Waals surface area (Å²) in [6, 6.07) is 0. The molecule has 0 spiro atoms. The molecule has 1 rings (SSSR count). The molecule has 0 bridgehead atoms. The standard InChI is InChI=1S/C10H15NS/c1-3-6-10-9(4-2)11-7-5-8-12-10/h3-4,6,11H,2,5,7-8H2,1H3/b6-3-. The van der Waals surface area contributed by atoms with Gasteiger partial charge in [0.05, 0.1) is 0 Å². The summed E-state index contributed by atoms with van der Waals surface area (Å²) in [5.41, 5.74) is 1.18. The van der Waals surface area contributed by atoms with Crippen molar-refractivity contribution in [1.29, 1.82) is 0 Å². The Kier molecular flexibility index (Phi) is 4.01. The fraction of sp³-hybridized carbons (Fsp3) is 0.400. The van der Waals surface area contributed by atoms with Crippen LogP contribution in [0.2, 0.25) is 0 Å². The van der Waals surface area contributed by atoms with Gasteiger partial charge in [-0.3, -0.25) is 0 Å². The summed E-state index contributed by atoms with van der Waals surface area (Å²) in [6.45, 7) is 6.90. The van der Waals surface area contributed by atoms with Crippen LogP contribution in [0.15, 0.2) is 35.4 Å². The maximum Gasteiger partial charge on any atom is 0.0472 e. The second kappa shape index (κ2) is 5.09. The summed E-state index contributed by atoms with van der Waals surface area (Å²) in [5.74, 6) is 1.20. The number of hydrogen-bond acceptors (Lipinski definition) is 2. The topological polar surface area (TPSA) is 12.0 Å². The smallest absolute Gasteiger partial charge is 0.0472 e. The number of hydrogen-bond donors (Lipinski definition) is 1. The van der Waals surface area contributed by atoms with Crippen molar-refractivity contribution in [2.75, 3.05) is 12.3 Å². The largest absolute Gasteiger partial charge is 0.384 e. The Morgan fingerprint density at radius 2 is 2.42 bits per heavy atom. The Morgan fingerprint density at radius 3 is 3.08 bits per heavy atom. The molecule has 2 heteroatoms. The Labute approximate surface area is 78.6 Å². The minimum absolute atomic E-state index is 1.06. The van der Waals surface area contributed by atoms with Crippen molar-refractivity contribution in [2.45, 2.75) is 13.3 Å². The normalized spacial score (nSPS) is 19.1. The fourth-order valence-electron chi connectivity index (χ4n) is 1.10. The van der Waals surface area contributed by atoms with Crippen LogP contribution in [0.4, 0.5) is 0 Å². The molecule has 0 aromatic heterocycles. The molecule has 0 aliphatic carbocycles. The Balaban J connectivity index is 2.81. The van der Waals surface area contributed by atoms with Crippen LogP contribution in [0.5, 0.6) is 0 Å². The Morgan fingerprint density at radius 1 is 1.58 bits per heavy atom. The van der Waals surface area contributed by atoms with Crippen LogP contribution < -0.4 is 5.32 Å². The average molecular weight is 181 g/mol. The van der Waals surface area contributed by atoms with Gasteiger partial charge in [-0.25, -0.2) is 0 Å². The average Bonchev–Trinajstić information content (AvgIpc) is 2.30. The van der Waals surface area contributed by atoms with E-state index in [0.29, 0.717) is 0 Å². The molecule has 1 N–H and O–H groups in total. The second-order valence-corrected chi connectivity index (χ2v) is 3.75. The molecule has 12 heavy (non-hydrogen) atoms. The van der Waals surface area contributed by atoms with Crippen molar-refractivity contribution >= 4 is 11.8 Å². The number of rotatable bonds is 2. The van der Waals surface area contributed by atoms with Gasteiger partial charge in [0.1, 0.15) is 0 Å². The summed E-state index contributed by atoms with van der Waals surface area (Å²) in [5, 5.41) is 3.36. The first-order valence-electron chi connectivity index (χ1n) is 4.24. The molecule has 0 radical (unpaired) electrons. The third-order valence-corrected chi connectivity index (χ3v) is 2.84. The zero-order valence-corrected chi connectivity index (χ0v) is 8.29. The molecule has 0 aromatic carbocycles. The highest BCUT2D eigenvalue weighted by Gasteiger charge is 2.05. The lowest BCUT2D eigenvalue weighted by atomic mass is 10.3. The summed E-state index contributed by atoms with van der Waals surface area (Å²) >= 11 is 1.90. The summed E-state index contributed by atoms with van der Waals surface area (Å²) in [6.07, 6.45) is 7.33. The maximum absolute atomic E-state index is 3.79. The lowest BCUT2D eigenvalue weighted by Crippen LogP contribution is -2.12. The van der Waals surface area contributed by atoms with E-state index in [0.717, 1.165) is 6.54 Å². The van der Waals surface area contributed by atoms with Gasteiger partial charge in [-0.05, 0) is 25.2 Å². The molecule has 0 fully saturated rings. The quantitative estimate of drug-likeness (QED) is 0.703. The molecule has 1 heterocycles. The molecular formula is C10H15NS. The minimum atomic E-state index is 1.06. The van der Waals surface area contributed by atoms with Gasteiger partial charge < -0.3 is 5.32 Å². The maximum atomic E-state index is 3.79. The Hall–Kier alpha value is -0.630. The van der Waals surface area contributed by atoms with Crippen LogP contribution in [0.1, 0.15) is 13.3 Å². The van der Waals surface area contributed by atoms with E-state index in [1.165, 1.54) is 22.8 Å². The van der Waals surface area contributed by atoms with Crippen LogP contribution in [0, 0.1) is 0 Å². The first-order valence-corrected chi connectivity index (χ1v) is 5.23. The highest BCUT2D eigenvalue weighted by molar-refractivity contribution is 8.03. The summed E-state index contributed by atoms with van der Waals surface area (Å²) in [7, 11) is 0. The van der Waals surface area contributed by atoms with Crippen molar-refractivity contribution in [3.8, 4) is 0 Å². The van der Waals surface area contributed by atoms with Crippen LogP contribution in [-0.2, 0) is 0 Å². The van der Waals surface area contributed by atoms with Gasteiger partial charge in [-0.15, -0.1) is 11.8 Å². The van der Waals surface area contributed by atoms with Crippen molar-refractivity contribution in [2.24, 2.45) is 0 Å². The Bertz CT molecular complexity index is 216. The van der Waals surface area contributed by atoms with E-state index < -0.39 is 0 Å². The zero-order valence-electron chi connectivity index (χ0n) is 7.47. The van der Waals surface area contributed by atoms with E-state index in [1.807, 2.05) is 24.8 Å². The van der Waals surface area contributed by atoms with Gasteiger partial charge in [0, 0.05) is 17.1 Å². The molecule has 1 aliphatic rings. The van der Waals surface area contributed by atoms with E-state index in [-0.39, 0.29) is 0 Å². The highest BCUT2D eigenvalue weighted by atomic mass is 32.2. The predicted octanol–water partition coefficient (Wildman–Crippen LogP) is 2.69. The second-order valence-electron chi connectivity index (χ2n) is 2.61. The van der Waals surface area contributed by atoms with Crippen molar-refractivity contribution in [1.82, 2.24) is 5.32 Å². The van der Waals surface area contributed by atoms with Gasteiger partial charge in [0.25, 0.3) is 0 Å². The van der Waals surface area contributed by atoms with Crippen LogP contribution in [0.3, 0.4) is 0 Å². The van der Waals surface area contributed by atoms with E-state index >= 15 is 0 Å². The molecule has 66 valence electrons. The van der Waals surface area contributed by atoms with Gasteiger partial charge in [0.15, 0.2) is 0 Å². The van der Waals surface area contributed by atoms with E-state index in [9.17, 15) is 0 Å². The minimum Gasteiger partial charge on any atom is -0.384 e. The van der Waals surface area contributed by atoms with E-state index in [4.69, 9.17) is 0 Å². The lowest BCUT2D eigenvalue weighted by molar-refractivity contribution is 0.797. The fourth-order valence-corrected chi connectivity index (χ4v) is 2.16. The molecule has 0 aromatic rings. The predicted molar refractivity (Wildman–Crippen MR) is 57.1 cm³/mol. The van der Waals surface area contributed by atoms with Gasteiger partial charge >= 0.3 is 0 Å². The number of thioether (sulfide) groups is 1. The van der Waals surface area contributed by atoms with E-state index in [1.54, 1.807) is 0 Å². The third kappa shape index (κ3) is 2.45. The van der Waals surface area contributed by atoms with Gasteiger partial charge in [-0.2, -0.15) is 0 Å². The number of nitrogens with one attached hydrogen (secondary N) is 1. The highest BCUT2D eigenvalue weighted by Crippen LogP contribution is 2.23. The number of allylic oxidation sites excluding steroid dienone is 3. The SMILES string of the molecule is C=CC1=C(/C=C\C)SCCCN1. The molecule has 0 saturated carbocycles. The van der Waals surface area contributed by atoms with Crippen molar-refractivity contribution in [3.63, 3.8) is 0 Å². The van der Waals surface area contributed by atoms with Gasteiger partial charge in [0.2, 0.25) is 0 Å². The molecule has 0 saturated heterocycles. The van der Waals surface area contributed by atoms with Gasteiger partial charge in [-0.1, -0.05) is 18.7 Å². The molecule has 1 nitrogen and oxygen atoms in total. The molecule has 0 unspecified atom stereocenters. The van der Waals surface area contributed by atoms with E-state index in [2.05, 4.69) is 24.0 Å². The molecule has 1 aliphatic heterocycles. The third-order valence-electron chi connectivity index (χ3n) is 1.68. The molecule has 0 amide bonds. The van der Waals surface area contributed by atoms with Crippen molar-refractivity contribution < 1.29 is 0 Å². The summed E-state index contributed by atoms with van der Waals surface area (Å²) in [4.78, 5) is 1.31. The summed E-state index contributed by atoms with van der Waals surface area (Å²) < 4.78 is 0. The molecule has 0 atom stereocenters. The molecular weight excluding hydrogens is 166 g/mol.